The number of esters is 3. The van der Waals surface area contributed by atoms with Crippen LogP contribution in [-0.4, -0.2) is 42.6 Å². The third-order valence-corrected chi connectivity index (χ3v) is 15.6. The second-order valence-corrected chi connectivity index (χ2v) is 18.4. The summed E-state index contributed by atoms with van der Waals surface area (Å²) in [5.74, 6) is 0.0342. The van der Waals surface area contributed by atoms with E-state index in [1.807, 2.05) is 24.3 Å². The van der Waals surface area contributed by atoms with Crippen molar-refractivity contribution in [1.82, 2.24) is 0 Å². The number of halogens is 1. The van der Waals surface area contributed by atoms with Crippen molar-refractivity contribution >= 4 is 41.1 Å². The van der Waals surface area contributed by atoms with Crippen molar-refractivity contribution < 1.29 is 33.4 Å². The molecule has 5 aliphatic carbocycles. The molecule has 6 rings (SSSR count). The van der Waals surface area contributed by atoms with E-state index in [1.165, 1.54) is 26.3 Å². The summed E-state index contributed by atoms with van der Waals surface area (Å²) in [5.41, 5.74) is 0.306. The summed E-state index contributed by atoms with van der Waals surface area (Å²) in [5, 5.41) is 3.90. The number of benzene rings is 1. The zero-order valence-electron chi connectivity index (χ0n) is 32.0. The maximum atomic E-state index is 14.6. The molecule has 0 bridgehead atoms. The largest absolute Gasteiger partial charge is 0.465 e. The number of ether oxygens (including phenoxy) is 3. The maximum Gasteiger partial charge on any atom is 0.303 e. The predicted octanol–water partition coefficient (Wildman–Crippen LogP) is 8.95. The molecule has 9 heteroatoms. The average Bonchev–Trinajstić information content (AvgIpc) is 3.03. The fourth-order valence-electron chi connectivity index (χ4n) is 12.7. The van der Waals surface area contributed by atoms with Gasteiger partial charge in [0.2, 0.25) is 5.91 Å². The zero-order chi connectivity index (χ0) is 37.3. The predicted molar refractivity (Wildman–Crippen MR) is 197 cm³/mol. The van der Waals surface area contributed by atoms with Crippen LogP contribution in [0.15, 0.2) is 35.9 Å². The Morgan fingerprint density at radius 1 is 0.882 bits per heavy atom. The molecule has 0 aliphatic heterocycles. The Labute approximate surface area is 309 Å². The van der Waals surface area contributed by atoms with E-state index in [-0.39, 0.29) is 46.5 Å². The van der Waals surface area contributed by atoms with Crippen molar-refractivity contribution in [3.8, 4) is 0 Å². The highest BCUT2D eigenvalue weighted by molar-refractivity contribution is 6.30. The SMILES string of the molecule is CC(=O)OC[C@@]1(C)C2CC[C@]3(C)C(CC=C4C5[C@@H](C)[C@H](C)CC[C@]5(C(=O)Nc5cccc(Cl)c5)CC[C@]43C)[C@@]2(C)C[C@@H](OC(C)=O)[C@@H]1OC(C)=O. The van der Waals surface area contributed by atoms with Gasteiger partial charge in [0.05, 0.1) is 5.41 Å². The summed E-state index contributed by atoms with van der Waals surface area (Å²) in [6.07, 6.45) is 7.86. The first kappa shape index (κ1) is 37.9. The third kappa shape index (κ3) is 5.94. The molecule has 4 saturated carbocycles. The summed E-state index contributed by atoms with van der Waals surface area (Å²) in [6, 6.07) is 7.44. The number of anilines is 1. The van der Waals surface area contributed by atoms with E-state index in [0.717, 1.165) is 50.6 Å². The lowest BCUT2D eigenvalue weighted by Crippen LogP contribution is -2.69. The van der Waals surface area contributed by atoms with Crippen LogP contribution in [-0.2, 0) is 33.4 Å². The average molecular weight is 724 g/mol. The van der Waals surface area contributed by atoms with Crippen LogP contribution in [0.2, 0.25) is 5.02 Å². The number of hydrogen-bond acceptors (Lipinski definition) is 7. The van der Waals surface area contributed by atoms with E-state index >= 15 is 0 Å². The Balaban J connectivity index is 1.43. The summed E-state index contributed by atoms with van der Waals surface area (Å²) < 4.78 is 17.8. The number of carbonyl (C=O) groups excluding carboxylic acids is 4. The molecule has 0 saturated heterocycles. The normalized spacial score (nSPS) is 42.8. The monoisotopic (exact) mass is 723 g/mol. The third-order valence-electron chi connectivity index (χ3n) is 15.4. The molecule has 1 aromatic carbocycles. The van der Waals surface area contributed by atoms with Crippen molar-refractivity contribution in [2.45, 2.75) is 126 Å². The van der Waals surface area contributed by atoms with Crippen LogP contribution in [0, 0.1) is 56.7 Å². The van der Waals surface area contributed by atoms with Gasteiger partial charge in [-0.05, 0) is 115 Å². The minimum absolute atomic E-state index is 0.0388. The Morgan fingerprint density at radius 3 is 2.24 bits per heavy atom. The van der Waals surface area contributed by atoms with Crippen LogP contribution in [0.3, 0.4) is 0 Å². The number of fused-ring (bicyclic) bond motifs is 7. The molecule has 0 radical (unpaired) electrons. The highest BCUT2D eigenvalue weighted by Crippen LogP contribution is 2.76. The van der Waals surface area contributed by atoms with Gasteiger partial charge in [-0.2, -0.15) is 0 Å². The second-order valence-electron chi connectivity index (χ2n) is 17.9. The van der Waals surface area contributed by atoms with Gasteiger partial charge in [-0.25, -0.2) is 0 Å². The lowest BCUT2D eigenvalue weighted by Gasteiger charge is -2.72. The molecule has 0 heterocycles. The van der Waals surface area contributed by atoms with E-state index in [9.17, 15) is 19.2 Å². The van der Waals surface area contributed by atoms with Gasteiger partial charge in [0.15, 0.2) is 0 Å². The van der Waals surface area contributed by atoms with E-state index in [0.29, 0.717) is 23.3 Å². The summed E-state index contributed by atoms with van der Waals surface area (Å²) in [6.45, 7) is 18.3. The minimum Gasteiger partial charge on any atom is -0.465 e. The molecular formula is C42H58ClNO7. The Kier molecular flexibility index (Phi) is 9.81. The number of hydrogen-bond donors (Lipinski definition) is 1. The van der Waals surface area contributed by atoms with Gasteiger partial charge >= 0.3 is 17.9 Å². The quantitative estimate of drug-likeness (QED) is 0.177. The van der Waals surface area contributed by atoms with E-state index < -0.39 is 40.9 Å². The van der Waals surface area contributed by atoms with Gasteiger partial charge in [0.1, 0.15) is 18.8 Å². The van der Waals surface area contributed by atoms with Crippen LogP contribution in [0.4, 0.5) is 5.69 Å². The number of carbonyl (C=O) groups is 4. The Bertz CT molecular complexity index is 1630. The van der Waals surface area contributed by atoms with Crippen molar-refractivity contribution in [2.75, 3.05) is 11.9 Å². The second kappa shape index (κ2) is 13.2. The van der Waals surface area contributed by atoms with Gasteiger partial charge in [-0.15, -0.1) is 0 Å². The topological polar surface area (TPSA) is 108 Å². The molecule has 280 valence electrons. The smallest absolute Gasteiger partial charge is 0.303 e. The molecule has 51 heavy (non-hydrogen) atoms. The standard InChI is InChI=1S/C42H58ClNO7/c1-24-15-18-42(37(48)44-30-12-10-11-29(43)21-30)20-19-40(8)31(35(42)25(24)2)13-14-34-38(6)22-32(50-27(4)46)36(51-28(5)47)39(7,23-49-26(3)45)33(38)16-17-41(34,40)9/h10-13,21,24-25,32-36H,14-20,22-23H2,1-9H3,(H,44,48)/t24-,25+,32-,33?,34?,35?,36+,38+,39+,40-,41-,42+/m1/s1. The fraction of sp³-hybridized carbons (Fsp3) is 0.714. The van der Waals surface area contributed by atoms with E-state index in [1.54, 1.807) is 0 Å². The molecule has 12 atom stereocenters. The fourth-order valence-corrected chi connectivity index (χ4v) is 12.9. The van der Waals surface area contributed by atoms with Crippen LogP contribution in [0.1, 0.15) is 114 Å². The van der Waals surface area contributed by atoms with Gasteiger partial charge in [-0.1, -0.05) is 70.9 Å². The lowest BCUT2D eigenvalue weighted by molar-refractivity contribution is -0.255. The van der Waals surface area contributed by atoms with E-state index in [2.05, 4.69) is 52.9 Å². The number of amides is 1. The van der Waals surface area contributed by atoms with Crippen LogP contribution >= 0.6 is 11.6 Å². The molecule has 1 aromatic rings. The molecule has 1 N–H and O–H groups in total. The van der Waals surface area contributed by atoms with Gasteiger partial charge in [0, 0.05) is 36.9 Å². The lowest BCUT2D eigenvalue weighted by atomic mass is 9.33. The Morgan fingerprint density at radius 2 is 1.59 bits per heavy atom. The van der Waals surface area contributed by atoms with Crippen molar-refractivity contribution in [1.29, 1.82) is 0 Å². The number of rotatable bonds is 6. The maximum absolute atomic E-state index is 14.6. The molecule has 3 unspecified atom stereocenters. The molecule has 0 spiro atoms. The molecular weight excluding hydrogens is 666 g/mol. The minimum atomic E-state index is -0.774. The first-order valence-electron chi connectivity index (χ1n) is 19.1. The first-order chi connectivity index (χ1) is 23.8. The van der Waals surface area contributed by atoms with Gasteiger partial charge < -0.3 is 19.5 Å². The molecule has 1 amide bonds. The van der Waals surface area contributed by atoms with Crippen molar-refractivity contribution in [3.05, 3.63) is 40.9 Å². The van der Waals surface area contributed by atoms with E-state index in [4.69, 9.17) is 25.8 Å². The summed E-state index contributed by atoms with van der Waals surface area (Å²) in [4.78, 5) is 51.9. The number of nitrogens with one attached hydrogen (secondary N) is 1. The van der Waals surface area contributed by atoms with Gasteiger partial charge in [-0.3, -0.25) is 19.2 Å². The highest BCUT2D eigenvalue weighted by Gasteiger charge is 2.72. The van der Waals surface area contributed by atoms with Crippen molar-refractivity contribution in [3.63, 3.8) is 0 Å². The summed E-state index contributed by atoms with van der Waals surface area (Å²) in [7, 11) is 0. The van der Waals surface area contributed by atoms with Crippen LogP contribution < -0.4 is 5.32 Å². The number of allylic oxidation sites excluding steroid dienone is 2. The summed E-state index contributed by atoms with van der Waals surface area (Å²) >= 11 is 6.33. The molecule has 0 aromatic heterocycles. The van der Waals surface area contributed by atoms with Gasteiger partial charge in [0.25, 0.3) is 0 Å². The molecule has 8 nitrogen and oxygen atoms in total. The zero-order valence-corrected chi connectivity index (χ0v) is 32.8. The molecule has 4 fully saturated rings. The van der Waals surface area contributed by atoms with Crippen LogP contribution in [0.5, 0.6) is 0 Å². The molecule has 5 aliphatic rings. The van der Waals surface area contributed by atoms with Crippen molar-refractivity contribution in [2.24, 2.45) is 56.7 Å². The highest BCUT2D eigenvalue weighted by atomic mass is 35.5. The first-order valence-corrected chi connectivity index (χ1v) is 19.5. The Hall–Kier alpha value is -2.87. The van der Waals surface area contributed by atoms with Crippen LogP contribution in [0.25, 0.3) is 0 Å².